The molecular weight excluding hydrogens is 180 g/mol. The van der Waals surface area contributed by atoms with Crippen LogP contribution < -0.4 is 0 Å². The summed E-state index contributed by atoms with van der Waals surface area (Å²) in [5.74, 6) is 0.711. The van der Waals surface area contributed by atoms with E-state index in [2.05, 4.69) is 0 Å². The quantitative estimate of drug-likeness (QED) is 0.647. The molecule has 1 saturated carbocycles. The highest BCUT2D eigenvalue weighted by Crippen LogP contribution is 2.39. The Morgan fingerprint density at radius 2 is 2.14 bits per heavy atom. The average molecular weight is 198 g/mol. The number of rotatable bonds is 3. The molecular formula is C11H18O3. The summed E-state index contributed by atoms with van der Waals surface area (Å²) in [6, 6.07) is 0. The second-order valence-corrected chi connectivity index (χ2v) is 4.67. The van der Waals surface area contributed by atoms with E-state index in [1.54, 1.807) is 0 Å². The number of ether oxygens (including phenoxy) is 3. The van der Waals surface area contributed by atoms with E-state index in [4.69, 9.17) is 14.2 Å². The first kappa shape index (κ1) is 9.13. The normalized spacial score (nSPS) is 46.3. The van der Waals surface area contributed by atoms with Gasteiger partial charge in [-0.3, -0.25) is 0 Å². The summed E-state index contributed by atoms with van der Waals surface area (Å²) in [6.07, 6.45) is 7.22. The Morgan fingerprint density at radius 3 is 2.93 bits per heavy atom. The van der Waals surface area contributed by atoms with E-state index in [0.29, 0.717) is 18.1 Å². The van der Waals surface area contributed by atoms with Crippen molar-refractivity contribution in [2.45, 2.75) is 50.6 Å². The summed E-state index contributed by atoms with van der Waals surface area (Å²) >= 11 is 0. The molecule has 0 spiro atoms. The third-order valence-corrected chi connectivity index (χ3v) is 3.52. The molecule has 4 unspecified atom stereocenters. The van der Waals surface area contributed by atoms with Crippen molar-refractivity contribution in [1.82, 2.24) is 0 Å². The maximum atomic E-state index is 5.73. The first-order valence-corrected chi connectivity index (χ1v) is 5.80. The summed E-state index contributed by atoms with van der Waals surface area (Å²) in [7, 11) is 0. The van der Waals surface area contributed by atoms with Crippen LogP contribution in [0, 0.1) is 5.92 Å². The third-order valence-electron chi connectivity index (χ3n) is 3.52. The lowest BCUT2D eigenvalue weighted by Gasteiger charge is -2.20. The summed E-state index contributed by atoms with van der Waals surface area (Å²) in [5, 5.41) is 0. The molecule has 4 atom stereocenters. The smallest absolute Gasteiger partial charge is 0.157 e. The first-order chi connectivity index (χ1) is 6.92. The Hall–Kier alpha value is -0.120. The molecule has 0 aromatic rings. The lowest BCUT2D eigenvalue weighted by molar-refractivity contribution is -0.121. The lowest BCUT2D eigenvalue weighted by Crippen LogP contribution is -2.22. The van der Waals surface area contributed by atoms with Crippen molar-refractivity contribution < 1.29 is 14.2 Å². The highest BCUT2D eigenvalue weighted by molar-refractivity contribution is 4.91. The van der Waals surface area contributed by atoms with Crippen molar-refractivity contribution >= 4 is 0 Å². The lowest BCUT2D eigenvalue weighted by atomic mass is 9.90. The summed E-state index contributed by atoms with van der Waals surface area (Å²) in [5.41, 5.74) is 0. The number of hydrogen-bond donors (Lipinski definition) is 0. The molecule has 3 fully saturated rings. The number of fused-ring (bicyclic) bond motifs is 1. The van der Waals surface area contributed by atoms with E-state index >= 15 is 0 Å². The van der Waals surface area contributed by atoms with Crippen LogP contribution in [-0.4, -0.2) is 31.7 Å². The van der Waals surface area contributed by atoms with Gasteiger partial charge in [0, 0.05) is 13.0 Å². The highest BCUT2D eigenvalue weighted by atomic mass is 16.7. The van der Waals surface area contributed by atoms with E-state index in [0.717, 1.165) is 26.1 Å². The van der Waals surface area contributed by atoms with Gasteiger partial charge in [-0.25, -0.2) is 0 Å². The van der Waals surface area contributed by atoms with Crippen LogP contribution in [0.1, 0.15) is 32.1 Å². The molecule has 0 aromatic carbocycles. The van der Waals surface area contributed by atoms with Gasteiger partial charge in [0.1, 0.15) is 0 Å². The maximum absolute atomic E-state index is 5.73. The van der Waals surface area contributed by atoms with Crippen LogP contribution in [0.2, 0.25) is 0 Å². The molecule has 2 heterocycles. The fourth-order valence-corrected chi connectivity index (χ4v) is 2.56. The Kier molecular flexibility index (Phi) is 2.48. The molecule has 3 aliphatic rings. The molecule has 0 aromatic heterocycles. The van der Waals surface area contributed by atoms with Gasteiger partial charge >= 0.3 is 0 Å². The molecule has 0 N–H and O–H groups in total. The predicted molar refractivity (Wildman–Crippen MR) is 50.9 cm³/mol. The van der Waals surface area contributed by atoms with Crippen molar-refractivity contribution in [1.29, 1.82) is 0 Å². The summed E-state index contributed by atoms with van der Waals surface area (Å²) in [4.78, 5) is 0. The molecule has 3 rings (SSSR count). The zero-order chi connectivity index (χ0) is 9.38. The summed E-state index contributed by atoms with van der Waals surface area (Å²) < 4.78 is 16.7. The van der Waals surface area contributed by atoms with Crippen LogP contribution in [-0.2, 0) is 14.2 Å². The van der Waals surface area contributed by atoms with Gasteiger partial charge in [0.2, 0.25) is 0 Å². The Labute approximate surface area is 84.7 Å². The van der Waals surface area contributed by atoms with Crippen LogP contribution in [0.4, 0.5) is 0 Å². The van der Waals surface area contributed by atoms with E-state index in [1.807, 2.05) is 0 Å². The zero-order valence-corrected chi connectivity index (χ0v) is 8.48. The monoisotopic (exact) mass is 198 g/mol. The van der Waals surface area contributed by atoms with Gasteiger partial charge in [0.25, 0.3) is 0 Å². The van der Waals surface area contributed by atoms with Gasteiger partial charge in [-0.2, -0.15) is 0 Å². The van der Waals surface area contributed by atoms with Crippen molar-refractivity contribution in [2.24, 2.45) is 5.92 Å². The summed E-state index contributed by atoms with van der Waals surface area (Å²) in [6.45, 7) is 1.75. The largest absolute Gasteiger partial charge is 0.370 e. The first-order valence-electron chi connectivity index (χ1n) is 5.80. The Balaban J connectivity index is 1.39. The van der Waals surface area contributed by atoms with E-state index < -0.39 is 0 Å². The molecule has 3 nitrogen and oxygen atoms in total. The van der Waals surface area contributed by atoms with Crippen LogP contribution >= 0.6 is 0 Å². The van der Waals surface area contributed by atoms with Crippen molar-refractivity contribution in [2.75, 3.05) is 13.2 Å². The molecule has 0 radical (unpaired) electrons. The molecule has 1 aliphatic carbocycles. The second kappa shape index (κ2) is 3.80. The van der Waals surface area contributed by atoms with Crippen molar-refractivity contribution in [3.8, 4) is 0 Å². The van der Waals surface area contributed by atoms with Crippen LogP contribution in [0.15, 0.2) is 0 Å². The molecule has 0 bridgehead atoms. The second-order valence-electron chi connectivity index (χ2n) is 4.67. The van der Waals surface area contributed by atoms with E-state index in [9.17, 15) is 0 Å². The van der Waals surface area contributed by atoms with Gasteiger partial charge < -0.3 is 14.2 Å². The van der Waals surface area contributed by atoms with Crippen LogP contribution in [0.5, 0.6) is 0 Å². The molecule has 14 heavy (non-hydrogen) atoms. The molecule has 2 saturated heterocycles. The highest BCUT2D eigenvalue weighted by Gasteiger charge is 2.43. The van der Waals surface area contributed by atoms with Gasteiger partial charge in [0.15, 0.2) is 6.29 Å². The molecule has 3 heteroatoms. The molecule has 2 aliphatic heterocycles. The topological polar surface area (TPSA) is 31.0 Å². The maximum Gasteiger partial charge on any atom is 0.157 e. The Bertz CT molecular complexity index is 201. The van der Waals surface area contributed by atoms with Crippen LogP contribution in [0.25, 0.3) is 0 Å². The minimum absolute atomic E-state index is 0.0906. The minimum Gasteiger partial charge on any atom is -0.370 e. The van der Waals surface area contributed by atoms with Gasteiger partial charge in [-0.05, 0) is 31.6 Å². The SMILES string of the molecule is C1COC(OCC2CCC3OC3C2)C1. The van der Waals surface area contributed by atoms with Crippen molar-refractivity contribution in [3.63, 3.8) is 0 Å². The van der Waals surface area contributed by atoms with Gasteiger partial charge in [-0.15, -0.1) is 0 Å². The van der Waals surface area contributed by atoms with Gasteiger partial charge in [0.05, 0.1) is 18.8 Å². The van der Waals surface area contributed by atoms with Crippen molar-refractivity contribution in [3.05, 3.63) is 0 Å². The predicted octanol–water partition coefficient (Wildman–Crippen LogP) is 1.71. The van der Waals surface area contributed by atoms with E-state index in [1.165, 1.54) is 19.3 Å². The zero-order valence-electron chi connectivity index (χ0n) is 8.48. The number of epoxide rings is 1. The van der Waals surface area contributed by atoms with Crippen LogP contribution in [0.3, 0.4) is 0 Å². The Morgan fingerprint density at radius 1 is 1.14 bits per heavy atom. The molecule has 0 amide bonds. The fourth-order valence-electron chi connectivity index (χ4n) is 2.56. The fraction of sp³-hybridized carbons (Fsp3) is 1.00. The molecule has 80 valence electrons. The number of hydrogen-bond acceptors (Lipinski definition) is 3. The standard InChI is InChI=1S/C11H18O3/c1-2-11(12-5-1)13-7-8-3-4-9-10(6-8)14-9/h8-11H,1-7H2. The van der Waals surface area contributed by atoms with Gasteiger partial charge in [-0.1, -0.05) is 0 Å². The third kappa shape index (κ3) is 1.95. The van der Waals surface area contributed by atoms with E-state index in [-0.39, 0.29) is 6.29 Å². The average Bonchev–Trinajstić information content (AvgIpc) is 2.79. The minimum atomic E-state index is 0.0906.